The molecule has 8 nitrogen and oxygen atoms in total. The molecule has 0 radical (unpaired) electrons. The highest BCUT2D eigenvalue weighted by atomic mass is 16.6. The minimum Gasteiger partial charge on any atom is -0.366 e. The lowest BCUT2D eigenvalue weighted by Gasteiger charge is -2.12. The van der Waals surface area contributed by atoms with E-state index >= 15 is 0 Å². The van der Waals surface area contributed by atoms with Crippen LogP contribution in [-0.4, -0.2) is 20.6 Å². The van der Waals surface area contributed by atoms with Crippen molar-refractivity contribution in [1.29, 1.82) is 0 Å². The van der Waals surface area contributed by atoms with Gasteiger partial charge in [0, 0.05) is 22.6 Å². The minimum absolute atomic E-state index is 0.0359. The highest BCUT2D eigenvalue weighted by molar-refractivity contribution is 5.95. The van der Waals surface area contributed by atoms with Crippen LogP contribution in [-0.2, 0) is 0 Å². The molecule has 0 unspecified atom stereocenters. The number of nitrogens with two attached hydrogens (primary N) is 1. The molecular formula is C21H14N4O4. The van der Waals surface area contributed by atoms with Crippen molar-refractivity contribution in [1.82, 2.24) is 9.78 Å². The van der Waals surface area contributed by atoms with Gasteiger partial charge in [0.15, 0.2) is 0 Å². The van der Waals surface area contributed by atoms with E-state index in [1.54, 1.807) is 24.3 Å². The van der Waals surface area contributed by atoms with Crippen LogP contribution >= 0.6 is 0 Å². The van der Waals surface area contributed by atoms with Gasteiger partial charge in [-0.05, 0) is 18.2 Å². The summed E-state index contributed by atoms with van der Waals surface area (Å²) >= 11 is 0. The van der Waals surface area contributed by atoms with Crippen LogP contribution < -0.4 is 11.3 Å². The highest BCUT2D eigenvalue weighted by Crippen LogP contribution is 2.28. The quantitative estimate of drug-likeness (QED) is 0.427. The molecule has 29 heavy (non-hydrogen) atoms. The van der Waals surface area contributed by atoms with Gasteiger partial charge in [-0.3, -0.25) is 19.7 Å². The zero-order valence-corrected chi connectivity index (χ0v) is 15.0. The van der Waals surface area contributed by atoms with Gasteiger partial charge >= 0.3 is 0 Å². The maximum atomic E-state index is 13.1. The van der Waals surface area contributed by atoms with Crippen LogP contribution in [0.4, 0.5) is 5.69 Å². The molecular weight excluding hydrogens is 372 g/mol. The maximum Gasteiger partial charge on any atom is 0.295 e. The summed E-state index contributed by atoms with van der Waals surface area (Å²) in [6, 6.07) is 19.7. The van der Waals surface area contributed by atoms with Gasteiger partial charge in [-0.15, -0.1) is 0 Å². The molecule has 0 atom stereocenters. The van der Waals surface area contributed by atoms with Crippen molar-refractivity contribution in [3.05, 3.63) is 98.8 Å². The lowest BCUT2D eigenvalue weighted by Crippen LogP contribution is -2.24. The Kier molecular flexibility index (Phi) is 4.36. The molecule has 3 aromatic carbocycles. The summed E-state index contributed by atoms with van der Waals surface area (Å²) in [5.41, 5.74) is 5.56. The Labute approximate surface area is 164 Å². The number of primary amides is 1. The molecule has 1 aromatic heterocycles. The van der Waals surface area contributed by atoms with Crippen molar-refractivity contribution in [3.8, 4) is 16.9 Å². The summed E-state index contributed by atoms with van der Waals surface area (Å²) in [6.07, 6.45) is 0. The first-order valence-corrected chi connectivity index (χ1v) is 8.63. The summed E-state index contributed by atoms with van der Waals surface area (Å²) < 4.78 is 0.954. The molecule has 4 aromatic rings. The van der Waals surface area contributed by atoms with Gasteiger partial charge in [-0.1, -0.05) is 48.5 Å². The average molecular weight is 386 g/mol. The van der Waals surface area contributed by atoms with Crippen LogP contribution in [0.3, 0.4) is 0 Å². The zero-order chi connectivity index (χ0) is 20.5. The van der Waals surface area contributed by atoms with Crippen LogP contribution in [0.2, 0.25) is 0 Å². The minimum atomic E-state index is -0.765. The number of aromatic nitrogens is 2. The highest BCUT2D eigenvalue weighted by Gasteiger charge is 2.22. The van der Waals surface area contributed by atoms with Crippen molar-refractivity contribution in [2.45, 2.75) is 0 Å². The van der Waals surface area contributed by atoms with Gasteiger partial charge in [0.25, 0.3) is 11.2 Å². The normalized spacial score (nSPS) is 10.8. The van der Waals surface area contributed by atoms with Gasteiger partial charge in [0.05, 0.1) is 16.0 Å². The van der Waals surface area contributed by atoms with Crippen molar-refractivity contribution in [2.75, 3.05) is 0 Å². The molecule has 0 aliphatic carbocycles. The van der Waals surface area contributed by atoms with E-state index in [4.69, 9.17) is 5.73 Å². The molecule has 0 aliphatic rings. The Morgan fingerprint density at radius 2 is 1.62 bits per heavy atom. The fourth-order valence-electron chi connectivity index (χ4n) is 3.16. The molecule has 1 heterocycles. The Morgan fingerprint density at radius 3 is 2.28 bits per heavy atom. The fraction of sp³-hybridized carbons (Fsp3) is 0. The number of fused-ring (bicyclic) bond motifs is 1. The molecule has 1 amide bonds. The topological polar surface area (TPSA) is 121 Å². The first-order chi connectivity index (χ1) is 14.0. The molecule has 4 rings (SSSR count). The van der Waals surface area contributed by atoms with Gasteiger partial charge in [0.2, 0.25) is 5.91 Å². The molecule has 2 N–H and O–H groups in total. The summed E-state index contributed by atoms with van der Waals surface area (Å²) in [7, 11) is 0. The van der Waals surface area contributed by atoms with E-state index in [1.165, 1.54) is 12.1 Å². The van der Waals surface area contributed by atoms with E-state index in [2.05, 4.69) is 5.10 Å². The molecule has 0 saturated heterocycles. The summed E-state index contributed by atoms with van der Waals surface area (Å²) in [6.45, 7) is 0. The molecule has 0 aliphatic heterocycles. The number of amides is 1. The van der Waals surface area contributed by atoms with Gasteiger partial charge in [-0.2, -0.15) is 9.78 Å². The number of hydrogen-bond donors (Lipinski definition) is 1. The van der Waals surface area contributed by atoms with Gasteiger partial charge in [0.1, 0.15) is 5.69 Å². The third-order valence-electron chi connectivity index (χ3n) is 4.54. The fourth-order valence-corrected chi connectivity index (χ4v) is 3.16. The smallest absolute Gasteiger partial charge is 0.295 e. The molecule has 8 heteroatoms. The number of benzene rings is 3. The SMILES string of the molecule is NC(=O)c1ccc([N+](=O)[O-])c(-n2nc(-c3ccccc3)c3ccccc3c2=O)c1. The van der Waals surface area contributed by atoms with E-state index in [0.29, 0.717) is 16.5 Å². The summed E-state index contributed by atoms with van der Waals surface area (Å²) in [5, 5.41) is 17.0. The lowest BCUT2D eigenvalue weighted by molar-refractivity contribution is -0.384. The number of nitrogens with zero attached hydrogens (tertiary/aromatic N) is 3. The third-order valence-corrected chi connectivity index (χ3v) is 4.54. The Hall–Kier alpha value is -4.33. The Balaban J connectivity index is 2.12. The zero-order valence-electron chi connectivity index (χ0n) is 15.0. The van der Waals surface area contributed by atoms with Gasteiger partial charge in [-0.25, -0.2) is 0 Å². The van der Waals surface area contributed by atoms with Crippen LogP contribution in [0.5, 0.6) is 0 Å². The van der Waals surface area contributed by atoms with Crippen molar-refractivity contribution in [2.24, 2.45) is 5.73 Å². The second-order valence-corrected chi connectivity index (χ2v) is 6.30. The van der Waals surface area contributed by atoms with Crippen LogP contribution in [0.1, 0.15) is 10.4 Å². The van der Waals surface area contributed by atoms with Crippen molar-refractivity contribution in [3.63, 3.8) is 0 Å². The number of carbonyl (C=O) groups excluding carboxylic acids is 1. The second-order valence-electron chi connectivity index (χ2n) is 6.30. The summed E-state index contributed by atoms with van der Waals surface area (Å²) in [4.78, 5) is 35.6. The number of hydrogen-bond acceptors (Lipinski definition) is 5. The molecule has 0 fully saturated rings. The van der Waals surface area contributed by atoms with Crippen LogP contribution in [0.25, 0.3) is 27.7 Å². The molecule has 142 valence electrons. The molecule has 0 saturated carbocycles. The number of carbonyl (C=O) groups is 1. The van der Waals surface area contributed by atoms with Crippen LogP contribution in [0, 0.1) is 10.1 Å². The van der Waals surface area contributed by atoms with Crippen molar-refractivity contribution < 1.29 is 9.72 Å². The predicted molar refractivity (Wildman–Crippen MR) is 108 cm³/mol. The van der Waals surface area contributed by atoms with Crippen molar-refractivity contribution >= 4 is 22.4 Å². The van der Waals surface area contributed by atoms with E-state index in [1.807, 2.05) is 30.3 Å². The average Bonchev–Trinajstić information content (AvgIpc) is 2.74. The Morgan fingerprint density at radius 1 is 0.966 bits per heavy atom. The molecule has 0 bridgehead atoms. The van der Waals surface area contributed by atoms with E-state index < -0.39 is 16.4 Å². The maximum absolute atomic E-state index is 13.1. The Bertz CT molecular complexity index is 1330. The number of nitro benzene ring substituents is 1. The van der Waals surface area contributed by atoms with E-state index in [-0.39, 0.29) is 16.9 Å². The summed E-state index contributed by atoms with van der Waals surface area (Å²) in [5.74, 6) is -0.765. The van der Waals surface area contributed by atoms with E-state index in [0.717, 1.165) is 16.3 Å². The largest absolute Gasteiger partial charge is 0.366 e. The van der Waals surface area contributed by atoms with Gasteiger partial charge < -0.3 is 5.73 Å². The first kappa shape index (κ1) is 18.1. The third kappa shape index (κ3) is 3.12. The first-order valence-electron chi connectivity index (χ1n) is 8.63. The second kappa shape index (κ2) is 7.01. The van der Waals surface area contributed by atoms with E-state index in [9.17, 15) is 19.7 Å². The molecule has 0 spiro atoms. The number of nitro groups is 1. The predicted octanol–water partition coefficient (Wildman–Crippen LogP) is 3.06. The monoisotopic (exact) mass is 386 g/mol. The van der Waals surface area contributed by atoms with Crippen LogP contribution in [0.15, 0.2) is 77.6 Å². The lowest BCUT2D eigenvalue weighted by atomic mass is 10.0. The number of rotatable bonds is 4. The standard InChI is InChI=1S/C21H14N4O4/c22-20(26)14-10-11-17(25(28)29)18(12-14)24-21(27)16-9-5-4-8-15(16)19(23-24)13-6-2-1-3-7-13/h1-12H,(H2,22,26).